The minimum Gasteiger partial charge on any atom is -0.397 e. The highest BCUT2D eigenvalue weighted by atomic mass is 19.1. The molecule has 0 aromatic heterocycles. The molecule has 0 aliphatic carbocycles. The summed E-state index contributed by atoms with van der Waals surface area (Å²) in [7, 11) is 0. The third-order valence-electron chi connectivity index (χ3n) is 3.87. The van der Waals surface area contributed by atoms with Crippen LogP contribution < -0.4 is 11.1 Å². The van der Waals surface area contributed by atoms with Crippen LogP contribution >= 0.6 is 0 Å². The highest BCUT2D eigenvalue weighted by Crippen LogP contribution is 2.29. The first-order valence-electron chi connectivity index (χ1n) is 6.93. The van der Waals surface area contributed by atoms with Crippen LogP contribution in [0, 0.1) is 11.2 Å². The summed E-state index contributed by atoms with van der Waals surface area (Å²) in [5.74, 6) is -0.559. The number of amides is 1. The van der Waals surface area contributed by atoms with E-state index in [1.807, 2.05) is 0 Å². The van der Waals surface area contributed by atoms with E-state index in [0.717, 1.165) is 25.9 Å². The van der Waals surface area contributed by atoms with E-state index < -0.39 is 5.82 Å². The van der Waals surface area contributed by atoms with Crippen molar-refractivity contribution >= 4 is 17.3 Å². The van der Waals surface area contributed by atoms with Crippen molar-refractivity contribution in [3.05, 3.63) is 24.0 Å². The molecule has 0 radical (unpaired) electrons. The van der Waals surface area contributed by atoms with E-state index in [1.165, 1.54) is 18.2 Å². The zero-order valence-electron chi connectivity index (χ0n) is 12.1. The van der Waals surface area contributed by atoms with Gasteiger partial charge >= 0.3 is 0 Å². The fourth-order valence-corrected chi connectivity index (χ4v) is 2.35. The van der Waals surface area contributed by atoms with Crippen LogP contribution in [0.15, 0.2) is 18.2 Å². The number of likely N-dealkylation sites (tertiary alicyclic amines) is 1. The predicted octanol–water partition coefficient (Wildman–Crippen LogP) is 2.47. The van der Waals surface area contributed by atoms with Gasteiger partial charge in [-0.15, -0.1) is 0 Å². The molecule has 1 saturated heterocycles. The molecule has 5 heteroatoms. The molecule has 0 saturated carbocycles. The van der Waals surface area contributed by atoms with Gasteiger partial charge in [-0.3, -0.25) is 9.69 Å². The second-order valence-corrected chi connectivity index (χ2v) is 6.22. The molecule has 110 valence electrons. The summed E-state index contributed by atoms with van der Waals surface area (Å²) >= 11 is 0. The topological polar surface area (TPSA) is 58.4 Å². The highest BCUT2D eigenvalue weighted by Gasteiger charge is 2.26. The maximum atomic E-state index is 13.1. The standard InChI is InChI=1S/C15H22FN3O/c1-15(2)5-7-19(8-6-15)10-14(20)18-13-9-11(16)3-4-12(13)17/h3-4,9H,5-8,10,17H2,1-2H3,(H,18,20). The number of nitrogens with one attached hydrogen (secondary N) is 1. The molecule has 2 rings (SSSR count). The summed E-state index contributed by atoms with van der Waals surface area (Å²) in [6.07, 6.45) is 2.17. The molecule has 3 N–H and O–H groups in total. The average molecular weight is 279 g/mol. The van der Waals surface area contributed by atoms with Crippen LogP contribution in [-0.2, 0) is 4.79 Å². The van der Waals surface area contributed by atoms with Gasteiger partial charge in [-0.1, -0.05) is 13.8 Å². The molecule has 0 atom stereocenters. The molecule has 0 bridgehead atoms. The number of nitrogen functional groups attached to an aromatic ring is 1. The fraction of sp³-hybridized carbons (Fsp3) is 0.533. The quantitative estimate of drug-likeness (QED) is 0.836. The number of halogens is 1. The van der Waals surface area contributed by atoms with E-state index in [4.69, 9.17) is 5.73 Å². The molecule has 0 spiro atoms. The average Bonchev–Trinajstić information content (AvgIpc) is 2.36. The van der Waals surface area contributed by atoms with E-state index in [-0.39, 0.29) is 5.91 Å². The summed E-state index contributed by atoms with van der Waals surface area (Å²) in [4.78, 5) is 14.1. The molecule has 0 unspecified atom stereocenters. The zero-order valence-corrected chi connectivity index (χ0v) is 12.1. The summed E-state index contributed by atoms with van der Waals surface area (Å²) < 4.78 is 13.1. The minimum absolute atomic E-state index is 0.151. The highest BCUT2D eigenvalue weighted by molar-refractivity contribution is 5.95. The second-order valence-electron chi connectivity index (χ2n) is 6.22. The van der Waals surface area contributed by atoms with Gasteiger partial charge in [0.05, 0.1) is 17.9 Å². The number of nitrogens with zero attached hydrogens (tertiary/aromatic N) is 1. The van der Waals surface area contributed by atoms with Crippen LogP contribution in [0.25, 0.3) is 0 Å². The van der Waals surface area contributed by atoms with E-state index in [0.29, 0.717) is 23.3 Å². The third kappa shape index (κ3) is 3.93. The summed E-state index contributed by atoms with van der Waals surface area (Å²) in [5.41, 5.74) is 6.79. The summed E-state index contributed by atoms with van der Waals surface area (Å²) in [6, 6.07) is 3.97. The number of anilines is 2. The van der Waals surface area contributed by atoms with Crippen LogP contribution in [0.3, 0.4) is 0 Å². The normalized spacial score (nSPS) is 18.8. The van der Waals surface area contributed by atoms with Gasteiger partial charge in [-0.05, 0) is 49.5 Å². The molecule has 1 fully saturated rings. The molecule has 1 amide bonds. The largest absolute Gasteiger partial charge is 0.397 e. The molecule has 1 aromatic carbocycles. The first kappa shape index (κ1) is 14.8. The Kier molecular flexibility index (Phi) is 4.28. The van der Waals surface area contributed by atoms with Crippen molar-refractivity contribution in [1.82, 2.24) is 4.90 Å². The number of carbonyl (C=O) groups excluding carboxylic acids is 1. The number of carbonyl (C=O) groups is 1. The Morgan fingerprint density at radius 2 is 2.05 bits per heavy atom. The molecule has 1 aliphatic heterocycles. The van der Waals surface area contributed by atoms with Crippen molar-refractivity contribution in [2.75, 3.05) is 30.7 Å². The number of rotatable bonds is 3. The van der Waals surface area contributed by atoms with Crippen molar-refractivity contribution in [2.45, 2.75) is 26.7 Å². The first-order valence-corrected chi connectivity index (χ1v) is 6.93. The summed E-state index contributed by atoms with van der Waals surface area (Å²) in [6.45, 7) is 6.65. The fourth-order valence-electron chi connectivity index (χ4n) is 2.35. The van der Waals surface area contributed by atoms with Crippen molar-refractivity contribution in [3.8, 4) is 0 Å². The Morgan fingerprint density at radius 1 is 1.40 bits per heavy atom. The Morgan fingerprint density at radius 3 is 2.70 bits per heavy atom. The molecular weight excluding hydrogens is 257 g/mol. The Bertz CT molecular complexity index is 492. The van der Waals surface area contributed by atoms with Gasteiger partial charge in [-0.2, -0.15) is 0 Å². The van der Waals surface area contributed by atoms with Gasteiger partial charge in [0.25, 0.3) is 0 Å². The smallest absolute Gasteiger partial charge is 0.238 e. The number of benzene rings is 1. The number of hydrogen-bond donors (Lipinski definition) is 2. The van der Waals surface area contributed by atoms with E-state index >= 15 is 0 Å². The predicted molar refractivity (Wildman–Crippen MR) is 78.9 cm³/mol. The van der Waals surface area contributed by atoms with Crippen LogP contribution in [0.2, 0.25) is 0 Å². The van der Waals surface area contributed by atoms with Crippen molar-refractivity contribution in [1.29, 1.82) is 0 Å². The van der Waals surface area contributed by atoms with Gasteiger partial charge in [0.2, 0.25) is 5.91 Å². The van der Waals surface area contributed by atoms with Crippen LogP contribution in [0.1, 0.15) is 26.7 Å². The molecule has 1 heterocycles. The van der Waals surface area contributed by atoms with Crippen molar-refractivity contribution < 1.29 is 9.18 Å². The van der Waals surface area contributed by atoms with Crippen LogP contribution in [0.4, 0.5) is 15.8 Å². The van der Waals surface area contributed by atoms with Crippen molar-refractivity contribution in [2.24, 2.45) is 5.41 Å². The number of piperidine rings is 1. The van der Waals surface area contributed by atoms with E-state index in [1.54, 1.807) is 0 Å². The van der Waals surface area contributed by atoms with Gasteiger partial charge in [0.1, 0.15) is 5.82 Å². The van der Waals surface area contributed by atoms with Crippen LogP contribution in [-0.4, -0.2) is 30.4 Å². The van der Waals surface area contributed by atoms with Crippen molar-refractivity contribution in [3.63, 3.8) is 0 Å². The second kappa shape index (κ2) is 5.79. The van der Waals surface area contributed by atoms with Crippen LogP contribution in [0.5, 0.6) is 0 Å². The lowest BCUT2D eigenvalue weighted by molar-refractivity contribution is -0.117. The Labute approximate surface area is 119 Å². The summed E-state index contributed by atoms with van der Waals surface area (Å²) in [5, 5.41) is 2.67. The molecule has 1 aromatic rings. The van der Waals surface area contributed by atoms with Gasteiger partial charge in [0.15, 0.2) is 0 Å². The SMILES string of the molecule is CC1(C)CCN(CC(=O)Nc2cc(F)ccc2N)CC1. The lowest BCUT2D eigenvalue weighted by atomic mass is 9.83. The van der Waals surface area contributed by atoms with Gasteiger partial charge < -0.3 is 11.1 Å². The maximum Gasteiger partial charge on any atom is 0.238 e. The monoisotopic (exact) mass is 279 g/mol. The third-order valence-corrected chi connectivity index (χ3v) is 3.87. The molecular formula is C15H22FN3O. The zero-order chi connectivity index (χ0) is 14.8. The molecule has 4 nitrogen and oxygen atoms in total. The van der Waals surface area contributed by atoms with Gasteiger partial charge in [0, 0.05) is 0 Å². The number of hydrogen-bond acceptors (Lipinski definition) is 3. The van der Waals surface area contributed by atoms with E-state index in [9.17, 15) is 9.18 Å². The Hall–Kier alpha value is -1.62. The molecule has 1 aliphatic rings. The lowest BCUT2D eigenvalue weighted by Gasteiger charge is -2.36. The number of nitrogens with two attached hydrogens (primary N) is 1. The van der Waals surface area contributed by atoms with Gasteiger partial charge in [-0.25, -0.2) is 4.39 Å². The maximum absolute atomic E-state index is 13.1. The van der Waals surface area contributed by atoms with E-state index in [2.05, 4.69) is 24.1 Å². The molecule has 20 heavy (non-hydrogen) atoms. The minimum atomic E-state index is -0.408. The Balaban J connectivity index is 1.88. The first-order chi connectivity index (χ1) is 9.35. The lowest BCUT2D eigenvalue weighted by Crippen LogP contribution is -2.41.